The maximum absolute atomic E-state index is 12.6. The number of nitrogens with one attached hydrogen (secondary N) is 2. The summed E-state index contributed by atoms with van der Waals surface area (Å²) in [4.78, 5) is 36.3. The fourth-order valence-corrected chi connectivity index (χ4v) is 2.17. The Morgan fingerprint density at radius 2 is 1.38 bits per heavy atom. The Kier molecular flexibility index (Phi) is 4.26. The molecule has 0 unspecified atom stereocenters. The molecule has 1 aliphatic carbocycles. The van der Waals surface area contributed by atoms with Gasteiger partial charge in [-0.3, -0.25) is 14.4 Å². The molecule has 0 aromatic heterocycles. The van der Waals surface area contributed by atoms with Crippen molar-refractivity contribution in [1.29, 1.82) is 0 Å². The highest BCUT2D eigenvalue weighted by atomic mass is 19.4. The standard InChI is InChI=1S/C16H15F3N2O3/c1-15(2,3)21-11-10(20-14(24)16(17,18)19)12(22)8-6-4-5-7-9(8)13(11)23/h4-7,21H,1-3H3,(H,20,24). The first-order valence-electron chi connectivity index (χ1n) is 7.01. The number of fused-ring (bicyclic) bond motifs is 1. The van der Waals surface area contributed by atoms with Gasteiger partial charge in [0.05, 0.1) is 0 Å². The second-order valence-corrected chi connectivity index (χ2v) is 6.28. The zero-order chi connectivity index (χ0) is 18.3. The maximum Gasteiger partial charge on any atom is 0.471 e. The Morgan fingerprint density at radius 1 is 0.917 bits per heavy atom. The molecule has 1 aromatic rings. The third-order valence-corrected chi connectivity index (χ3v) is 3.12. The fourth-order valence-electron chi connectivity index (χ4n) is 2.17. The molecule has 0 spiro atoms. The smallest absolute Gasteiger partial charge is 0.375 e. The Balaban J connectivity index is 2.57. The summed E-state index contributed by atoms with van der Waals surface area (Å²) in [6.45, 7) is 5.00. The lowest BCUT2D eigenvalue weighted by Gasteiger charge is -2.28. The van der Waals surface area contributed by atoms with Crippen molar-refractivity contribution >= 4 is 17.5 Å². The molecule has 1 aliphatic rings. The summed E-state index contributed by atoms with van der Waals surface area (Å²) in [7, 11) is 0. The van der Waals surface area contributed by atoms with Crippen LogP contribution in [0.4, 0.5) is 13.2 Å². The molecule has 0 atom stereocenters. The number of hydrogen-bond donors (Lipinski definition) is 2. The Bertz CT molecular complexity index is 759. The first-order valence-corrected chi connectivity index (χ1v) is 7.01. The predicted molar refractivity (Wildman–Crippen MR) is 79.2 cm³/mol. The van der Waals surface area contributed by atoms with Crippen LogP contribution < -0.4 is 10.6 Å². The number of alkyl halides is 3. The summed E-state index contributed by atoms with van der Waals surface area (Å²) in [6, 6.07) is 5.75. The van der Waals surface area contributed by atoms with E-state index in [-0.39, 0.29) is 16.8 Å². The van der Waals surface area contributed by atoms with E-state index in [1.54, 1.807) is 20.8 Å². The van der Waals surface area contributed by atoms with Gasteiger partial charge in [-0.05, 0) is 20.8 Å². The van der Waals surface area contributed by atoms with E-state index in [1.807, 2.05) is 0 Å². The van der Waals surface area contributed by atoms with Crippen molar-refractivity contribution in [3.63, 3.8) is 0 Å². The minimum absolute atomic E-state index is 0.0561. The highest BCUT2D eigenvalue weighted by Crippen LogP contribution is 2.26. The molecule has 8 heteroatoms. The molecular weight excluding hydrogens is 325 g/mol. The van der Waals surface area contributed by atoms with Gasteiger partial charge in [0.2, 0.25) is 11.6 Å². The van der Waals surface area contributed by atoms with Crippen LogP contribution in [-0.2, 0) is 4.79 Å². The van der Waals surface area contributed by atoms with Gasteiger partial charge in [-0.15, -0.1) is 0 Å². The van der Waals surface area contributed by atoms with E-state index >= 15 is 0 Å². The van der Waals surface area contributed by atoms with E-state index in [2.05, 4.69) is 5.32 Å². The number of allylic oxidation sites excluding steroid dienone is 2. The van der Waals surface area contributed by atoms with E-state index in [0.717, 1.165) is 0 Å². The van der Waals surface area contributed by atoms with Gasteiger partial charge in [0.1, 0.15) is 11.4 Å². The average molecular weight is 340 g/mol. The topological polar surface area (TPSA) is 75.3 Å². The summed E-state index contributed by atoms with van der Waals surface area (Å²) < 4.78 is 37.6. The van der Waals surface area contributed by atoms with E-state index < -0.39 is 34.9 Å². The lowest BCUT2D eigenvalue weighted by Crippen LogP contribution is -2.46. The number of amides is 1. The monoisotopic (exact) mass is 340 g/mol. The second-order valence-electron chi connectivity index (χ2n) is 6.28. The first-order chi connectivity index (χ1) is 10.9. The van der Waals surface area contributed by atoms with Crippen molar-refractivity contribution < 1.29 is 27.6 Å². The number of Topliss-reactive ketones (excluding diaryl/α,β-unsaturated/α-hetero) is 2. The van der Waals surface area contributed by atoms with Gasteiger partial charge in [-0.1, -0.05) is 24.3 Å². The molecule has 0 heterocycles. The van der Waals surface area contributed by atoms with E-state index in [9.17, 15) is 27.6 Å². The number of benzene rings is 1. The van der Waals surface area contributed by atoms with Crippen LogP contribution in [-0.4, -0.2) is 29.2 Å². The molecule has 5 nitrogen and oxygen atoms in total. The van der Waals surface area contributed by atoms with E-state index in [4.69, 9.17) is 0 Å². The van der Waals surface area contributed by atoms with Gasteiger partial charge in [0.15, 0.2) is 0 Å². The van der Waals surface area contributed by atoms with Gasteiger partial charge < -0.3 is 10.6 Å². The number of halogens is 3. The van der Waals surface area contributed by atoms with Crippen molar-refractivity contribution in [3.8, 4) is 0 Å². The summed E-state index contributed by atoms with van der Waals surface area (Å²) in [5, 5.41) is 4.25. The number of ketones is 2. The average Bonchev–Trinajstić information content (AvgIpc) is 2.46. The molecule has 1 aromatic carbocycles. The molecule has 24 heavy (non-hydrogen) atoms. The van der Waals surface area contributed by atoms with Crippen LogP contribution in [0.2, 0.25) is 0 Å². The van der Waals surface area contributed by atoms with Crippen molar-refractivity contribution in [2.75, 3.05) is 0 Å². The summed E-state index contributed by atoms with van der Waals surface area (Å²) >= 11 is 0. The minimum atomic E-state index is -5.18. The van der Waals surface area contributed by atoms with E-state index in [1.165, 1.54) is 29.6 Å². The lowest BCUT2D eigenvalue weighted by molar-refractivity contribution is -0.172. The van der Waals surface area contributed by atoms with Crippen LogP contribution in [0.15, 0.2) is 35.7 Å². The van der Waals surface area contributed by atoms with E-state index in [0.29, 0.717) is 0 Å². The van der Waals surface area contributed by atoms with Crippen LogP contribution in [0.25, 0.3) is 0 Å². The highest BCUT2D eigenvalue weighted by molar-refractivity contribution is 6.27. The van der Waals surface area contributed by atoms with Crippen LogP contribution in [0, 0.1) is 0 Å². The van der Waals surface area contributed by atoms with Gasteiger partial charge in [0.25, 0.3) is 0 Å². The molecule has 0 fully saturated rings. The highest BCUT2D eigenvalue weighted by Gasteiger charge is 2.42. The molecule has 128 valence electrons. The van der Waals surface area contributed by atoms with Crippen LogP contribution in [0.5, 0.6) is 0 Å². The fraction of sp³-hybridized carbons (Fsp3) is 0.312. The largest absolute Gasteiger partial charge is 0.471 e. The molecule has 2 N–H and O–H groups in total. The summed E-state index contributed by atoms with van der Waals surface area (Å²) in [5.74, 6) is -3.82. The van der Waals surface area contributed by atoms with Crippen molar-refractivity contribution in [2.45, 2.75) is 32.5 Å². The SMILES string of the molecule is CC(C)(C)NC1=C(NC(=O)C(F)(F)F)C(=O)c2ccccc2C1=O. The zero-order valence-corrected chi connectivity index (χ0v) is 13.2. The number of carbonyl (C=O) groups is 3. The molecule has 2 rings (SSSR count). The van der Waals surface area contributed by atoms with Crippen molar-refractivity contribution in [1.82, 2.24) is 10.6 Å². The molecule has 0 radical (unpaired) electrons. The number of hydrogen-bond acceptors (Lipinski definition) is 4. The summed E-state index contributed by atoms with van der Waals surface area (Å²) in [6.07, 6.45) is -5.18. The minimum Gasteiger partial charge on any atom is -0.375 e. The van der Waals surface area contributed by atoms with Gasteiger partial charge >= 0.3 is 12.1 Å². The Hall–Kier alpha value is -2.64. The van der Waals surface area contributed by atoms with Crippen LogP contribution in [0.3, 0.4) is 0 Å². The van der Waals surface area contributed by atoms with Gasteiger partial charge in [-0.2, -0.15) is 13.2 Å². The van der Waals surface area contributed by atoms with Crippen LogP contribution >= 0.6 is 0 Å². The molecule has 0 saturated heterocycles. The quantitative estimate of drug-likeness (QED) is 0.867. The molecule has 1 amide bonds. The Labute approximate surface area is 135 Å². The Morgan fingerprint density at radius 3 is 1.79 bits per heavy atom. The maximum atomic E-state index is 12.6. The molecular formula is C16H15F3N2O3. The predicted octanol–water partition coefficient (Wildman–Crippen LogP) is 2.34. The van der Waals surface area contributed by atoms with Crippen molar-refractivity contribution in [2.24, 2.45) is 0 Å². The molecule has 0 aliphatic heterocycles. The second kappa shape index (κ2) is 5.77. The zero-order valence-electron chi connectivity index (χ0n) is 13.2. The van der Waals surface area contributed by atoms with Gasteiger partial charge in [0, 0.05) is 16.7 Å². The van der Waals surface area contributed by atoms with Crippen molar-refractivity contribution in [3.05, 3.63) is 46.8 Å². The lowest BCUT2D eigenvalue weighted by atomic mass is 9.89. The number of rotatable bonds is 2. The first kappa shape index (κ1) is 17.7. The normalized spacial score (nSPS) is 15.2. The molecule has 0 saturated carbocycles. The van der Waals surface area contributed by atoms with Gasteiger partial charge in [-0.25, -0.2) is 0 Å². The third kappa shape index (κ3) is 3.47. The van der Waals surface area contributed by atoms with Crippen LogP contribution in [0.1, 0.15) is 41.5 Å². The third-order valence-electron chi connectivity index (χ3n) is 3.12. The number of carbonyl (C=O) groups excluding carboxylic acids is 3. The molecule has 0 bridgehead atoms. The summed E-state index contributed by atoms with van der Waals surface area (Å²) in [5.41, 5.74) is -1.76.